The van der Waals surface area contributed by atoms with E-state index in [1.165, 1.54) is 0 Å². The van der Waals surface area contributed by atoms with Gasteiger partial charge in [0.25, 0.3) is 0 Å². The van der Waals surface area contributed by atoms with Crippen molar-refractivity contribution in [3.63, 3.8) is 0 Å². The summed E-state index contributed by atoms with van der Waals surface area (Å²) < 4.78 is 27.0. The van der Waals surface area contributed by atoms with Gasteiger partial charge in [-0.1, -0.05) is 38.5 Å². The van der Waals surface area contributed by atoms with Crippen molar-refractivity contribution in [1.29, 1.82) is 0 Å². The maximum absolute atomic E-state index is 12.1. The summed E-state index contributed by atoms with van der Waals surface area (Å²) in [5.74, 6) is 0. The molecule has 2 saturated carbocycles. The van der Waals surface area contributed by atoms with E-state index in [2.05, 4.69) is 4.72 Å². The van der Waals surface area contributed by atoms with Gasteiger partial charge in [-0.3, -0.25) is 0 Å². The van der Waals surface area contributed by atoms with Crippen molar-refractivity contribution in [2.45, 2.75) is 75.1 Å². The summed E-state index contributed by atoms with van der Waals surface area (Å²) in [7, 11) is -3.23. The van der Waals surface area contributed by atoms with E-state index in [1.54, 1.807) is 0 Å². The number of nitrogens with one attached hydrogen (secondary N) is 1. The zero-order valence-electron chi connectivity index (χ0n) is 11.0. The van der Waals surface area contributed by atoms with Crippen molar-refractivity contribution in [2.24, 2.45) is 0 Å². The monoisotopic (exact) mass is 275 g/mol. The summed E-state index contributed by atoms with van der Waals surface area (Å²) in [6.45, 7) is 0.200. The zero-order valence-corrected chi connectivity index (χ0v) is 11.8. The highest BCUT2D eigenvalue weighted by atomic mass is 32.2. The highest BCUT2D eigenvalue weighted by molar-refractivity contribution is 7.90. The summed E-state index contributed by atoms with van der Waals surface area (Å²) in [5.41, 5.74) is -0.806. The van der Waals surface area contributed by atoms with Gasteiger partial charge in [0.2, 0.25) is 10.0 Å². The normalized spacial score (nSPS) is 26.1. The molecule has 2 N–H and O–H groups in total. The maximum atomic E-state index is 12.1. The van der Waals surface area contributed by atoms with Crippen LogP contribution in [-0.2, 0) is 10.0 Å². The van der Waals surface area contributed by atoms with Crippen LogP contribution in [0.3, 0.4) is 0 Å². The van der Waals surface area contributed by atoms with E-state index >= 15 is 0 Å². The highest BCUT2D eigenvalue weighted by Gasteiger charge is 2.33. The van der Waals surface area contributed by atoms with Gasteiger partial charge in [0.1, 0.15) is 0 Å². The number of aliphatic hydroxyl groups is 1. The van der Waals surface area contributed by atoms with Gasteiger partial charge in [0, 0.05) is 6.54 Å². The molecule has 0 atom stereocenters. The summed E-state index contributed by atoms with van der Waals surface area (Å²) in [5, 5.41) is 10.1. The summed E-state index contributed by atoms with van der Waals surface area (Å²) >= 11 is 0. The molecule has 106 valence electrons. The zero-order chi connectivity index (χ0) is 13.1. The molecular formula is C13H25NO3S. The predicted molar refractivity (Wildman–Crippen MR) is 71.8 cm³/mol. The Kier molecular flexibility index (Phi) is 4.67. The molecule has 0 aromatic heterocycles. The van der Waals surface area contributed by atoms with E-state index in [0.717, 1.165) is 64.2 Å². The molecular weight excluding hydrogens is 250 g/mol. The number of hydrogen-bond donors (Lipinski definition) is 2. The Labute approximate surface area is 110 Å². The summed E-state index contributed by atoms with van der Waals surface area (Å²) in [4.78, 5) is 0. The van der Waals surface area contributed by atoms with E-state index in [-0.39, 0.29) is 11.8 Å². The Morgan fingerprint density at radius 1 is 1.00 bits per heavy atom. The van der Waals surface area contributed by atoms with Crippen LogP contribution in [0.15, 0.2) is 0 Å². The second-order valence-electron chi connectivity index (χ2n) is 5.91. The fourth-order valence-corrected chi connectivity index (χ4v) is 4.77. The second-order valence-corrected chi connectivity index (χ2v) is 7.96. The average molecular weight is 275 g/mol. The van der Waals surface area contributed by atoms with Gasteiger partial charge in [0.05, 0.1) is 10.9 Å². The van der Waals surface area contributed by atoms with Crippen LogP contribution in [0.4, 0.5) is 0 Å². The van der Waals surface area contributed by atoms with Gasteiger partial charge < -0.3 is 5.11 Å². The molecule has 0 saturated heterocycles. The molecule has 2 rings (SSSR count). The molecule has 4 nitrogen and oxygen atoms in total. The Morgan fingerprint density at radius 2 is 1.56 bits per heavy atom. The van der Waals surface area contributed by atoms with Crippen molar-refractivity contribution < 1.29 is 13.5 Å². The summed E-state index contributed by atoms with van der Waals surface area (Å²) in [6, 6.07) is 0. The van der Waals surface area contributed by atoms with E-state index in [4.69, 9.17) is 0 Å². The van der Waals surface area contributed by atoms with Crippen LogP contribution >= 0.6 is 0 Å². The molecule has 18 heavy (non-hydrogen) atoms. The molecule has 2 aliphatic carbocycles. The minimum Gasteiger partial charge on any atom is -0.389 e. The third kappa shape index (κ3) is 3.68. The summed E-state index contributed by atoms with van der Waals surface area (Å²) in [6.07, 6.45) is 9.31. The fourth-order valence-electron chi connectivity index (χ4n) is 3.11. The SMILES string of the molecule is O=S(=O)(NCC1(O)CCCCC1)C1CCCCC1. The van der Waals surface area contributed by atoms with Crippen molar-refractivity contribution >= 4 is 10.0 Å². The van der Waals surface area contributed by atoms with Crippen LogP contribution in [-0.4, -0.2) is 30.9 Å². The van der Waals surface area contributed by atoms with E-state index in [1.807, 2.05) is 0 Å². The Morgan fingerprint density at radius 3 is 2.17 bits per heavy atom. The van der Waals surface area contributed by atoms with Crippen molar-refractivity contribution in [3.8, 4) is 0 Å². The largest absolute Gasteiger partial charge is 0.389 e. The fraction of sp³-hybridized carbons (Fsp3) is 1.00. The highest BCUT2D eigenvalue weighted by Crippen LogP contribution is 2.28. The van der Waals surface area contributed by atoms with Crippen LogP contribution in [0.1, 0.15) is 64.2 Å². The molecule has 0 aromatic rings. The first kappa shape index (κ1) is 14.3. The van der Waals surface area contributed by atoms with Crippen molar-refractivity contribution in [3.05, 3.63) is 0 Å². The van der Waals surface area contributed by atoms with E-state index < -0.39 is 15.6 Å². The lowest BCUT2D eigenvalue weighted by atomic mass is 9.85. The molecule has 2 fully saturated rings. The second kappa shape index (κ2) is 5.88. The molecule has 0 aromatic carbocycles. The van der Waals surface area contributed by atoms with Gasteiger partial charge in [-0.2, -0.15) is 0 Å². The Balaban J connectivity index is 1.87. The standard InChI is InChI=1S/C13H25NO3S/c15-13(9-5-2-6-10-13)11-14-18(16,17)12-7-3-1-4-8-12/h12,14-15H,1-11H2. The number of rotatable bonds is 4. The molecule has 0 bridgehead atoms. The smallest absolute Gasteiger partial charge is 0.214 e. The third-order valence-electron chi connectivity index (χ3n) is 4.38. The van der Waals surface area contributed by atoms with Crippen LogP contribution in [0, 0.1) is 0 Å². The van der Waals surface area contributed by atoms with Gasteiger partial charge in [-0.05, 0) is 25.7 Å². The Bertz CT molecular complexity index is 354. The molecule has 0 radical (unpaired) electrons. The minimum atomic E-state index is -3.23. The number of sulfonamides is 1. The van der Waals surface area contributed by atoms with E-state index in [9.17, 15) is 13.5 Å². The third-order valence-corrected chi connectivity index (χ3v) is 6.27. The molecule has 2 aliphatic rings. The average Bonchev–Trinajstić information content (AvgIpc) is 2.39. The quantitative estimate of drug-likeness (QED) is 0.824. The van der Waals surface area contributed by atoms with Gasteiger partial charge >= 0.3 is 0 Å². The van der Waals surface area contributed by atoms with Gasteiger partial charge in [-0.25, -0.2) is 13.1 Å². The van der Waals surface area contributed by atoms with Gasteiger partial charge in [-0.15, -0.1) is 0 Å². The van der Waals surface area contributed by atoms with Crippen LogP contribution < -0.4 is 4.72 Å². The van der Waals surface area contributed by atoms with E-state index in [0.29, 0.717) is 0 Å². The molecule has 0 unspecified atom stereocenters. The number of hydrogen-bond acceptors (Lipinski definition) is 3. The maximum Gasteiger partial charge on any atom is 0.214 e. The van der Waals surface area contributed by atoms with Gasteiger partial charge in [0.15, 0.2) is 0 Å². The molecule has 0 aliphatic heterocycles. The Hall–Kier alpha value is -0.130. The lowest BCUT2D eigenvalue weighted by molar-refractivity contribution is 0.00939. The van der Waals surface area contributed by atoms with Crippen LogP contribution in [0.25, 0.3) is 0 Å². The minimum absolute atomic E-state index is 0.200. The first-order valence-electron chi connectivity index (χ1n) is 7.23. The molecule has 0 spiro atoms. The first-order chi connectivity index (χ1) is 8.52. The lowest BCUT2D eigenvalue weighted by Crippen LogP contribution is -2.47. The predicted octanol–water partition coefficient (Wildman–Crippen LogP) is 1.93. The molecule has 5 heteroatoms. The molecule has 0 amide bonds. The van der Waals surface area contributed by atoms with Crippen LogP contribution in [0.5, 0.6) is 0 Å². The van der Waals surface area contributed by atoms with Crippen LogP contribution in [0.2, 0.25) is 0 Å². The van der Waals surface area contributed by atoms with Crippen molar-refractivity contribution in [1.82, 2.24) is 4.72 Å². The first-order valence-corrected chi connectivity index (χ1v) is 8.77. The topological polar surface area (TPSA) is 66.4 Å². The molecule has 0 heterocycles. The lowest BCUT2D eigenvalue weighted by Gasteiger charge is -2.33. The van der Waals surface area contributed by atoms with Crippen molar-refractivity contribution in [2.75, 3.05) is 6.54 Å².